The average molecular weight is 245 g/mol. The number of hydrogen-bond donors (Lipinski definition) is 1. The number of rotatable bonds is 3. The molecule has 1 aromatic rings. The van der Waals surface area contributed by atoms with Gasteiger partial charge in [-0.3, -0.25) is 0 Å². The highest BCUT2D eigenvalue weighted by molar-refractivity contribution is 9.09. The van der Waals surface area contributed by atoms with Gasteiger partial charge in [-0.2, -0.15) is 0 Å². The lowest BCUT2D eigenvalue weighted by atomic mass is 10.1. The van der Waals surface area contributed by atoms with E-state index in [1.54, 1.807) is 0 Å². The first-order chi connectivity index (χ1) is 5.75. The molecule has 0 aliphatic carbocycles. The van der Waals surface area contributed by atoms with Gasteiger partial charge in [-0.05, 0) is 30.9 Å². The minimum absolute atomic E-state index is 1.06. The fourth-order valence-electron chi connectivity index (χ4n) is 1.18. The number of aryl methyl sites for hydroxylation is 2. The maximum absolute atomic E-state index is 4.47. The molecule has 0 spiro atoms. The van der Waals surface area contributed by atoms with Crippen molar-refractivity contribution in [2.45, 2.75) is 24.7 Å². The van der Waals surface area contributed by atoms with E-state index < -0.39 is 0 Å². The van der Waals surface area contributed by atoms with E-state index in [4.69, 9.17) is 0 Å². The molecule has 0 heterocycles. The summed E-state index contributed by atoms with van der Waals surface area (Å²) in [5.74, 6) is 0. The smallest absolute Gasteiger partial charge is 0.0101 e. The fraction of sp³-hybridized carbons (Fsp3) is 0.400. The van der Waals surface area contributed by atoms with E-state index in [9.17, 15) is 0 Å². The Hall–Kier alpha value is 0.0500. The lowest BCUT2D eigenvalue weighted by Gasteiger charge is -2.05. The summed E-state index contributed by atoms with van der Waals surface area (Å²) in [7, 11) is 0. The average Bonchev–Trinajstić information content (AvgIpc) is 2.08. The highest BCUT2D eigenvalue weighted by Crippen LogP contribution is 2.19. The van der Waals surface area contributed by atoms with Gasteiger partial charge in [0.1, 0.15) is 0 Å². The summed E-state index contributed by atoms with van der Waals surface area (Å²) >= 11 is 7.89. The van der Waals surface area contributed by atoms with Crippen molar-refractivity contribution in [2.75, 3.05) is 5.33 Å². The normalized spacial score (nSPS) is 10.2. The third kappa shape index (κ3) is 2.53. The van der Waals surface area contributed by atoms with E-state index >= 15 is 0 Å². The monoisotopic (exact) mass is 244 g/mol. The molecule has 1 rings (SSSR count). The Balaban J connectivity index is 2.78. The topological polar surface area (TPSA) is 0 Å². The van der Waals surface area contributed by atoms with Gasteiger partial charge < -0.3 is 0 Å². The SMILES string of the molecule is Cc1cccc(CCCBr)c1S. The molecule has 0 aromatic heterocycles. The fourth-order valence-corrected chi connectivity index (χ4v) is 1.72. The van der Waals surface area contributed by atoms with E-state index in [1.165, 1.54) is 17.5 Å². The first-order valence-corrected chi connectivity index (χ1v) is 5.66. The van der Waals surface area contributed by atoms with Crippen molar-refractivity contribution in [1.29, 1.82) is 0 Å². The standard InChI is InChI=1S/C10H13BrS/c1-8-4-2-5-9(10(8)12)6-3-7-11/h2,4-5,12H,3,6-7H2,1H3. The number of thiol groups is 1. The van der Waals surface area contributed by atoms with Crippen LogP contribution in [0.25, 0.3) is 0 Å². The van der Waals surface area contributed by atoms with Crippen molar-refractivity contribution in [3.8, 4) is 0 Å². The molecule has 1 aromatic carbocycles. The van der Waals surface area contributed by atoms with Crippen molar-refractivity contribution in [2.24, 2.45) is 0 Å². The first-order valence-electron chi connectivity index (χ1n) is 4.09. The van der Waals surface area contributed by atoms with Crippen LogP contribution in [-0.4, -0.2) is 5.33 Å². The minimum Gasteiger partial charge on any atom is -0.143 e. The van der Waals surface area contributed by atoms with Crippen LogP contribution in [-0.2, 0) is 6.42 Å². The third-order valence-electron chi connectivity index (χ3n) is 1.90. The van der Waals surface area contributed by atoms with Crippen LogP contribution in [0.5, 0.6) is 0 Å². The molecule has 0 saturated carbocycles. The van der Waals surface area contributed by atoms with Gasteiger partial charge in [-0.25, -0.2) is 0 Å². The van der Waals surface area contributed by atoms with E-state index in [-0.39, 0.29) is 0 Å². The number of hydrogen-bond acceptors (Lipinski definition) is 1. The zero-order valence-corrected chi connectivity index (χ0v) is 9.66. The molecule has 0 bridgehead atoms. The van der Waals surface area contributed by atoms with E-state index in [0.29, 0.717) is 0 Å². The zero-order valence-electron chi connectivity index (χ0n) is 7.18. The van der Waals surface area contributed by atoms with E-state index in [1.807, 2.05) is 0 Å². The van der Waals surface area contributed by atoms with Gasteiger partial charge >= 0.3 is 0 Å². The maximum Gasteiger partial charge on any atom is 0.0101 e. The number of halogens is 1. The Morgan fingerprint density at radius 3 is 2.83 bits per heavy atom. The highest BCUT2D eigenvalue weighted by Gasteiger charge is 1.99. The summed E-state index contributed by atoms with van der Waals surface area (Å²) in [6.45, 7) is 2.10. The molecule has 0 aliphatic heterocycles. The van der Waals surface area contributed by atoms with Gasteiger partial charge in [0.25, 0.3) is 0 Å². The molecule has 2 heteroatoms. The lowest BCUT2D eigenvalue weighted by Crippen LogP contribution is -1.89. The predicted molar refractivity (Wildman–Crippen MR) is 60.5 cm³/mol. The van der Waals surface area contributed by atoms with Gasteiger partial charge in [0.15, 0.2) is 0 Å². The second-order valence-corrected chi connectivity index (χ2v) is 4.12. The predicted octanol–water partition coefficient (Wildman–Crippen LogP) is 3.61. The van der Waals surface area contributed by atoms with Crippen LogP contribution in [0.1, 0.15) is 17.5 Å². The largest absolute Gasteiger partial charge is 0.143 e. The van der Waals surface area contributed by atoms with Gasteiger partial charge in [-0.15, -0.1) is 12.6 Å². The van der Waals surface area contributed by atoms with Gasteiger partial charge in [0, 0.05) is 10.2 Å². The first kappa shape index (κ1) is 10.1. The summed E-state index contributed by atoms with van der Waals surface area (Å²) in [5, 5.41) is 1.06. The van der Waals surface area contributed by atoms with Crippen molar-refractivity contribution in [1.82, 2.24) is 0 Å². The molecule has 0 nitrogen and oxygen atoms in total. The van der Waals surface area contributed by atoms with Crippen molar-refractivity contribution >= 4 is 28.6 Å². The minimum atomic E-state index is 1.06. The zero-order chi connectivity index (χ0) is 8.97. The summed E-state index contributed by atoms with van der Waals surface area (Å²) in [6.07, 6.45) is 2.29. The molecule has 0 aliphatic rings. The molecular formula is C10H13BrS. The second-order valence-electron chi connectivity index (χ2n) is 2.88. The molecular weight excluding hydrogens is 232 g/mol. The van der Waals surface area contributed by atoms with E-state index in [2.05, 4.69) is 53.7 Å². The Morgan fingerprint density at radius 1 is 1.42 bits per heavy atom. The van der Waals surface area contributed by atoms with Gasteiger partial charge in [-0.1, -0.05) is 34.1 Å². The maximum atomic E-state index is 4.47. The van der Waals surface area contributed by atoms with Crippen molar-refractivity contribution in [3.63, 3.8) is 0 Å². The molecule has 0 amide bonds. The molecule has 0 fully saturated rings. The van der Waals surface area contributed by atoms with Gasteiger partial charge in [0.2, 0.25) is 0 Å². The van der Waals surface area contributed by atoms with E-state index in [0.717, 1.165) is 16.6 Å². The molecule has 12 heavy (non-hydrogen) atoms. The molecule has 66 valence electrons. The third-order valence-corrected chi connectivity index (χ3v) is 3.10. The van der Waals surface area contributed by atoms with Crippen LogP contribution >= 0.6 is 28.6 Å². The van der Waals surface area contributed by atoms with Crippen LogP contribution in [0.3, 0.4) is 0 Å². The summed E-state index contributed by atoms with van der Waals surface area (Å²) in [5.41, 5.74) is 2.63. The Kier molecular flexibility index (Phi) is 4.16. The van der Waals surface area contributed by atoms with Crippen LogP contribution in [0.15, 0.2) is 23.1 Å². The molecule has 0 unspecified atom stereocenters. The van der Waals surface area contributed by atoms with Gasteiger partial charge in [0.05, 0.1) is 0 Å². The summed E-state index contributed by atoms with van der Waals surface area (Å²) in [4.78, 5) is 1.15. The molecule has 0 saturated heterocycles. The second kappa shape index (κ2) is 4.93. The number of alkyl halides is 1. The van der Waals surface area contributed by atoms with Crippen molar-refractivity contribution < 1.29 is 0 Å². The highest BCUT2D eigenvalue weighted by atomic mass is 79.9. The number of benzene rings is 1. The summed E-state index contributed by atoms with van der Waals surface area (Å²) < 4.78 is 0. The molecule has 0 atom stereocenters. The van der Waals surface area contributed by atoms with Crippen molar-refractivity contribution in [3.05, 3.63) is 29.3 Å². The molecule has 0 radical (unpaired) electrons. The lowest BCUT2D eigenvalue weighted by molar-refractivity contribution is 0.912. The molecule has 0 N–H and O–H groups in total. The Labute approximate surface area is 87.9 Å². The Morgan fingerprint density at radius 2 is 2.17 bits per heavy atom. The van der Waals surface area contributed by atoms with Crippen LogP contribution in [0.4, 0.5) is 0 Å². The van der Waals surface area contributed by atoms with Crippen LogP contribution < -0.4 is 0 Å². The Bertz CT molecular complexity index is 258. The summed E-state index contributed by atoms with van der Waals surface area (Å²) in [6, 6.07) is 6.34. The van der Waals surface area contributed by atoms with Crippen LogP contribution in [0, 0.1) is 6.92 Å². The quantitative estimate of drug-likeness (QED) is 0.610. The van der Waals surface area contributed by atoms with Crippen LogP contribution in [0.2, 0.25) is 0 Å².